The van der Waals surface area contributed by atoms with E-state index in [1.807, 2.05) is 4.90 Å². The molecule has 20 heavy (non-hydrogen) atoms. The summed E-state index contributed by atoms with van der Waals surface area (Å²) in [7, 11) is 0. The van der Waals surface area contributed by atoms with Crippen LogP contribution < -0.4 is 5.73 Å². The molecule has 0 aromatic carbocycles. The highest BCUT2D eigenvalue weighted by atomic mass is 16.2. The number of nitrogens with zero attached hydrogens (tertiary/aromatic N) is 2. The van der Waals surface area contributed by atoms with Crippen molar-refractivity contribution in [3.63, 3.8) is 0 Å². The minimum Gasteiger partial charge on any atom is -0.343 e. The molecule has 0 aliphatic carbocycles. The van der Waals surface area contributed by atoms with Gasteiger partial charge in [-0.15, -0.1) is 0 Å². The summed E-state index contributed by atoms with van der Waals surface area (Å²) in [5.41, 5.74) is 6.00. The molecule has 3 atom stereocenters. The molecule has 2 N–H and O–H groups in total. The highest BCUT2D eigenvalue weighted by Gasteiger charge is 2.35. The van der Waals surface area contributed by atoms with Crippen LogP contribution in [-0.4, -0.2) is 53.5 Å². The van der Waals surface area contributed by atoms with Crippen molar-refractivity contribution in [3.8, 4) is 0 Å². The van der Waals surface area contributed by atoms with E-state index in [0.717, 1.165) is 25.9 Å². The Bertz CT molecular complexity index is 315. The Morgan fingerprint density at radius 1 is 1.25 bits per heavy atom. The van der Waals surface area contributed by atoms with Crippen molar-refractivity contribution in [3.05, 3.63) is 0 Å². The van der Waals surface area contributed by atoms with Crippen LogP contribution in [-0.2, 0) is 4.79 Å². The van der Waals surface area contributed by atoms with Crippen LogP contribution in [0, 0.1) is 0 Å². The molecular weight excluding hydrogens is 250 g/mol. The lowest BCUT2D eigenvalue weighted by molar-refractivity contribution is -0.133. The molecule has 0 bridgehead atoms. The van der Waals surface area contributed by atoms with Crippen molar-refractivity contribution in [2.45, 2.75) is 76.9 Å². The predicted octanol–water partition coefficient (Wildman–Crippen LogP) is 1.98. The molecule has 2 saturated heterocycles. The Morgan fingerprint density at radius 3 is 2.55 bits per heavy atom. The second-order valence-electron chi connectivity index (χ2n) is 6.47. The van der Waals surface area contributed by atoms with Crippen LogP contribution in [0.1, 0.15) is 58.8 Å². The molecule has 0 spiro atoms. The number of rotatable bonds is 5. The zero-order chi connectivity index (χ0) is 14.5. The fourth-order valence-corrected chi connectivity index (χ4v) is 3.95. The predicted molar refractivity (Wildman–Crippen MR) is 82.5 cm³/mol. The average molecular weight is 281 g/mol. The SMILES string of the molecule is CCC1CCC(C)N1C(CN)CC(=O)N1CCCCC1. The molecule has 2 fully saturated rings. The molecule has 0 saturated carbocycles. The van der Waals surface area contributed by atoms with Gasteiger partial charge in [-0.3, -0.25) is 9.69 Å². The molecular formula is C16H31N3O. The van der Waals surface area contributed by atoms with Crippen molar-refractivity contribution in [2.75, 3.05) is 19.6 Å². The van der Waals surface area contributed by atoms with Gasteiger partial charge in [-0.05, 0) is 45.4 Å². The van der Waals surface area contributed by atoms with Crippen LogP contribution in [0.2, 0.25) is 0 Å². The Morgan fingerprint density at radius 2 is 1.95 bits per heavy atom. The van der Waals surface area contributed by atoms with Gasteiger partial charge >= 0.3 is 0 Å². The first-order valence-corrected chi connectivity index (χ1v) is 8.42. The van der Waals surface area contributed by atoms with Gasteiger partial charge < -0.3 is 10.6 Å². The molecule has 4 nitrogen and oxygen atoms in total. The molecule has 1 amide bonds. The molecule has 4 heteroatoms. The number of likely N-dealkylation sites (tertiary alicyclic amines) is 2. The van der Waals surface area contributed by atoms with Gasteiger partial charge in [0.15, 0.2) is 0 Å². The van der Waals surface area contributed by atoms with Crippen LogP contribution in [0.5, 0.6) is 0 Å². The Balaban J connectivity index is 1.95. The van der Waals surface area contributed by atoms with Crippen LogP contribution >= 0.6 is 0 Å². The van der Waals surface area contributed by atoms with Gasteiger partial charge in [-0.25, -0.2) is 0 Å². The van der Waals surface area contributed by atoms with Gasteiger partial charge in [0.05, 0.1) is 0 Å². The van der Waals surface area contributed by atoms with E-state index in [-0.39, 0.29) is 6.04 Å². The first kappa shape index (κ1) is 15.8. The number of amides is 1. The van der Waals surface area contributed by atoms with E-state index in [0.29, 0.717) is 31.0 Å². The summed E-state index contributed by atoms with van der Waals surface area (Å²) in [6, 6.07) is 1.42. The first-order chi connectivity index (χ1) is 9.67. The third kappa shape index (κ3) is 3.53. The molecule has 2 rings (SSSR count). The van der Waals surface area contributed by atoms with Crippen molar-refractivity contribution in [1.29, 1.82) is 0 Å². The number of hydrogen-bond acceptors (Lipinski definition) is 3. The van der Waals surface area contributed by atoms with Crippen molar-refractivity contribution in [2.24, 2.45) is 5.73 Å². The highest BCUT2D eigenvalue weighted by molar-refractivity contribution is 5.77. The van der Waals surface area contributed by atoms with Crippen LogP contribution in [0.3, 0.4) is 0 Å². The molecule has 0 aromatic heterocycles. The Kier molecular flexibility index (Phi) is 5.85. The second-order valence-corrected chi connectivity index (χ2v) is 6.47. The molecule has 3 unspecified atom stereocenters. The maximum Gasteiger partial charge on any atom is 0.224 e. The molecule has 0 radical (unpaired) electrons. The average Bonchev–Trinajstić information content (AvgIpc) is 2.86. The Labute approximate surface area is 123 Å². The number of nitrogens with two attached hydrogens (primary N) is 1. The van der Waals surface area contributed by atoms with Crippen LogP contribution in [0.15, 0.2) is 0 Å². The topological polar surface area (TPSA) is 49.6 Å². The minimum absolute atomic E-state index is 0.229. The molecule has 116 valence electrons. The van der Waals surface area contributed by atoms with E-state index in [4.69, 9.17) is 5.73 Å². The molecule has 2 aliphatic heterocycles. The summed E-state index contributed by atoms with van der Waals surface area (Å²) in [5, 5.41) is 0. The lowest BCUT2D eigenvalue weighted by Gasteiger charge is -2.36. The summed E-state index contributed by atoms with van der Waals surface area (Å²) in [5.74, 6) is 0.314. The van der Waals surface area contributed by atoms with Gasteiger partial charge in [0.2, 0.25) is 5.91 Å². The van der Waals surface area contributed by atoms with E-state index in [2.05, 4.69) is 18.7 Å². The number of piperidine rings is 1. The van der Waals surface area contributed by atoms with Crippen LogP contribution in [0.25, 0.3) is 0 Å². The summed E-state index contributed by atoms with van der Waals surface area (Å²) in [6.07, 6.45) is 7.87. The lowest BCUT2D eigenvalue weighted by atomic mass is 10.1. The maximum atomic E-state index is 12.5. The molecule has 2 aliphatic rings. The summed E-state index contributed by atoms with van der Waals surface area (Å²) in [4.78, 5) is 17.0. The fourth-order valence-electron chi connectivity index (χ4n) is 3.95. The van der Waals surface area contributed by atoms with Crippen molar-refractivity contribution in [1.82, 2.24) is 9.80 Å². The number of hydrogen-bond donors (Lipinski definition) is 1. The quantitative estimate of drug-likeness (QED) is 0.838. The fraction of sp³-hybridized carbons (Fsp3) is 0.938. The maximum absolute atomic E-state index is 12.5. The van der Waals surface area contributed by atoms with E-state index in [1.165, 1.54) is 25.7 Å². The third-order valence-electron chi connectivity index (χ3n) is 5.13. The van der Waals surface area contributed by atoms with E-state index < -0.39 is 0 Å². The zero-order valence-electron chi connectivity index (χ0n) is 13.2. The van der Waals surface area contributed by atoms with Crippen LogP contribution in [0.4, 0.5) is 0 Å². The van der Waals surface area contributed by atoms with E-state index >= 15 is 0 Å². The monoisotopic (exact) mass is 281 g/mol. The van der Waals surface area contributed by atoms with E-state index in [1.54, 1.807) is 0 Å². The molecule has 0 aromatic rings. The second kappa shape index (κ2) is 7.41. The number of carbonyl (C=O) groups excluding carboxylic acids is 1. The molecule has 2 heterocycles. The van der Waals surface area contributed by atoms with Crippen molar-refractivity contribution < 1.29 is 4.79 Å². The lowest BCUT2D eigenvalue weighted by Crippen LogP contribution is -2.49. The largest absolute Gasteiger partial charge is 0.343 e. The van der Waals surface area contributed by atoms with Gasteiger partial charge in [0.25, 0.3) is 0 Å². The third-order valence-corrected chi connectivity index (χ3v) is 5.13. The zero-order valence-corrected chi connectivity index (χ0v) is 13.2. The summed E-state index contributed by atoms with van der Waals surface area (Å²) in [6.45, 7) is 7.02. The van der Waals surface area contributed by atoms with E-state index in [9.17, 15) is 4.79 Å². The minimum atomic E-state index is 0.229. The van der Waals surface area contributed by atoms with Gasteiger partial charge in [-0.2, -0.15) is 0 Å². The summed E-state index contributed by atoms with van der Waals surface area (Å²) < 4.78 is 0. The standard InChI is InChI=1S/C16H31N3O/c1-3-14-8-7-13(2)19(14)15(12-17)11-16(20)18-9-5-4-6-10-18/h13-15H,3-12,17H2,1-2H3. The number of carbonyl (C=O) groups is 1. The van der Waals surface area contributed by atoms with Gasteiger partial charge in [0.1, 0.15) is 0 Å². The van der Waals surface area contributed by atoms with Crippen molar-refractivity contribution >= 4 is 5.91 Å². The smallest absolute Gasteiger partial charge is 0.224 e. The summed E-state index contributed by atoms with van der Waals surface area (Å²) >= 11 is 0. The van der Waals surface area contributed by atoms with Gasteiger partial charge in [0, 0.05) is 44.2 Å². The first-order valence-electron chi connectivity index (χ1n) is 8.42. The Hall–Kier alpha value is -0.610. The normalized spacial score (nSPS) is 29.6. The van der Waals surface area contributed by atoms with Gasteiger partial charge in [-0.1, -0.05) is 6.92 Å². The highest BCUT2D eigenvalue weighted by Crippen LogP contribution is 2.29.